The lowest BCUT2D eigenvalue weighted by molar-refractivity contribution is 0.597. The third kappa shape index (κ3) is 2.89. The minimum absolute atomic E-state index is 0.894. The largest absolute Gasteiger partial charge is 0.456 e. The Balaban J connectivity index is 1.62. The third-order valence-electron chi connectivity index (χ3n) is 4.22. The summed E-state index contributed by atoms with van der Waals surface area (Å²) < 4.78 is 6.04. The Kier molecular flexibility index (Phi) is 3.76. The minimum atomic E-state index is 0.894. The lowest BCUT2D eigenvalue weighted by Gasteiger charge is -2.03. The molecule has 0 saturated heterocycles. The molecule has 1 aromatic heterocycles. The smallest absolute Gasteiger partial charge is 0.134 e. The van der Waals surface area contributed by atoms with Gasteiger partial charge in [-0.2, -0.15) is 0 Å². The average molecular weight is 310 g/mol. The molecule has 1 heteroatoms. The standard InChI is InChI=1S/C23H18O/c1-17-7-9-20(10-8-17)22-15-16-23(24-22)21-13-11-19(12-14-21)18-5-3-2-4-6-18/h2-16H,1H3. The van der Waals surface area contributed by atoms with E-state index in [4.69, 9.17) is 4.42 Å². The lowest BCUT2D eigenvalue weighted by atomic mass is 10.0. The predicted octanol–water partition coefficient (Wildman–Crippen LogP) is 6.59. The molecule has 0 aliphatic rings. The first-order valence-electron chi connectivity index (χ1n) is 8.12. The van der Waals surface area contributed by atoms with E-state index in [0.717, 1.165) is 22.6 Å². The molecule has 24 heavy (non-hydrogen) atoms. The minimum Gasteiger partial charge on any atom is -0.456 e. The van der Waals surface area contributed by atoms with Crippen molar-refractivity contribution in [1.29, 1.82) is 0 Å². The zero-order valence-electron chi connectivity index (χ0n) is 13.6. The second-order valence-electron chi connectivity index (χ2n) is 5.97. The average Bonchev–Trinajstić information content (AvgIpc) is 3.13. The van der Waals surface area contributed by atoms with Gasteiger partial charge in [0.1, 0.15) is 11.5 Å². The Hall–Kier alpha value is -3.06. The SMILES string of the molecule is Cc1ccc(-c2ccc(-c3ccc(-c4ccccc4)cc3)o2)cc1. The van der Waals surface area contributed by atoms with Crippen LogP contribution in [0.15, 0.2) is 95.4 Å². The molecular formula is C23H18O. The fraction of sp³-hybridized carbons (Fsp3) is 0.0435. The van der Waals surface area contributed by atoms with Crippen LogP contribution in [0.25, 0.3) is 33.8 Å². The summed E-state index contributed by atoms with van der Waals surface area (Å²) in [5.74, 6) is 1.79. The van der Waals surface area contributed by atoms with Gasteiger partial charge in [-0.15, -0.1) is 0 Å². The maximum absolute atomic E-state index is 6.04. The maximum atomic E-state index is 6.04. The van der Waals surface area contributed by atoms with Crippen LogP contribution in [0.3, 0.4) is 0 Å². The molecule has 0 spiro atoms. The van der Waals surface area contributed by atoms with Gasteiger partial charge in [0.15, 0.2) is 0 Å². The van der Waals surface area contributed by atoms with Crippen molar-refractivity contribution in [2.24, 2.45) is 0 Å². The first-order chi connectivity index (χ1) is 11.8. The quantitative estimate of drug-likeness (QED) is 0.416. The van der Waals surface area contributed by atoms with Crippen LogP contribution in [0.2, 0.25) is 0 Å². The van der Waals surface area contributed by atoms with E-state index in [9.17, 15) is 0 Å². The molecule has 0 bridgehead atoms. The molecule has 0 fully saturated rings. The second-order valence-corrected chi connectivity index (χ2v) is 5.97. The molecule has 3 aromatic carbocycles. The van der Waals surface area contributed by atoms with Gasteiger partial charge in [0, 0.05) is 11.1 Å². The summed E-state index contributed by atoms with van der Waals surface area (Å²) in [7, 11) is 0. The van der Waals surface area contributed by atoms with Gasteiger partial charge in [0.25, 0.3) is 0 Å². The van der Waals surface area contributed by atoms with Crippen molar-refractivity contribution >= 4 is 0 Å². The Morgan fingerprint density at radius 2 is 0.917 bits per heavy atom. The highest BCUT2D eigenvalue weighted by atomic mass is 16.3. The van der Waals surface area contributed by atoms with E-state index < -0.39 is 0 Å². The number of hydrogen-bond donors (Lipinski definition) is 0. The molecule has 4 rings (SSSR count). The lowest BCUT2D eigenvalue weighted by Crippen LogP contribution is -1.78. The Bertz CT molecular complexity index is 930. The van der Waals surface area contributed by atoms with Crippen molar-refractivity contribution in [3.05, 3.63) is 96.6 Å². The van der Waals surface area contributed by atoms with Crippen molar-refractivity contribution in [1.82, 2.24) is 0 Å². The fourth-order valence-corrected chi connectivity index (χ4v) is 2.82. The highest BCUT2D eigenvalue weighted by molar-refractivity contribution is 5.70. The normalized spacial score (nSPS) is 10.7. The van der Waals surface area contributed by atoms with Gasteiger partial charge < -0.3 is 4.42 Å². The van der Waals surface area contributed by atoms with Crippen molar-refractivity contribution in [2.45, 2.75) is 6.92 Å². The fourth-order valence-electron chi connectivity index (χ4n) is 2.82. The van der Waals surface area contributed by atoms with Gasteiger partial charge in [-0.25, -0.2) is 0 Å². The molecule has 116 valence electrons. The summed E-state index contributed by atoms with van der Waals surface area (Å²) in [6, 6.07) is 31.4. The number of furan rings is 1. The van der Waals surface area contributed by atoms with Crippen LogP contribution in [0.1, 0.15) is 5.56 Å². The molecule has 0 aliphatic heterocycles. The summed E-state index contributed by atoms with van der Waals surface area (Å²) >= 11 is 0. The van der Waals surface area contributed by atoms with E-state index in [-0.39, 0.29) is 0 Å². The Labute approximate surface area is 142 Å². The van der Waals surface area contributed by atoms with Crippen molar-refractivity contribution in [3.63, 3.8) is 0 Å². The molecule has 0 amide bonds. The summed E-state index contributed by atoms with van der Waals surface area (Å²) in [6.07, 6.45) is 0. The highest BCUT2D eigenvalue weighted by Gasteiger charge is 2.07. The molecule has 0 N–H and O–H groups in total. The molecular weight excluding hydrogens is 292 g/mol. The van der Waals surface area contributed by atoms with Gasteiger partial charge in [-0.05, 0) is 30.2 Å². The molecule has 0 radical (unpaired) electrons. The Morgan fingerprint density at radius 3 is 1.50 bits per heavy atom. The van der Waals surface area contributed by atoms with E-state index in [2.05, 4.69) is 79.7 Å². The first-order valence-corrected chi connectivity index (χ1v) is 8.12. The highest BCUT2D eigenvalue weighted by Crippen LogP contribution is 2.30. The van der Waals surface area contributed by atoms with Crippen molar-refractivity contribution < 1.29 is 4.42 Å². The monoisotopic (exact) mass is 310 g/mol. The van der Waals surface area contributed by atoms with Crippen LogP contribution in [0, 0.1) is 6.92 Å². The Morgan fingerprint density at radius 1 is 0.458 bits per heavy atom. The number of hydrogen-bond acceptors (Lipinski definition) is 1. The van der Waals surface area contributed by atoms with Gasteiger partial charge >= 0.3 is 0 Å². The van der Waals surface area contributed by atoms with Gasteiger partial charge in [0.05, 0.1) is 0 Å². The molecule has 4 aromatic rings. The molecule has 1 nitrogen and oxygen atoms in total. The topological polar surface area (TPSA) is 13.1 Å². The maximum Gasteiger partial charge on any atom is 0.134 e. The van der Waals surface area contributed by atoms with Crippen LogP contribution in [-0.2, 0) is 0 Å². The molecule has 0 saturated carbocycles. The van der Waals surface area contributed by atoms with Gasteiger partial charge in [-0.1, -0.05) is 84.4 Å². The zero-order valence-corrected chi connectivity index (χ0v) is 13.6. The van der Waals surface area contributed by atoms with Crippen LogP contribution in [0.4, 0.5) is 0 Å². The van der Waals surface area contributed by atoms with Crippen LogP contribution in [-0.4, -0.2) is 0 Å². The summed E-state index contributed by atoms with van der Waals surface area (Å²) in [6.45, 7) is 2.09. The van der Waals surface area contributed by atoms with Crippen LogP contribution >= 0.6 is 0 Å². The molecule has 1 heterocycles. The first kappa shape index (κ1) is 14.5. The van der Waals surface area contributed by atoms with E-state index in [1.54, 1.807) is 0 Å². The van der Waals surface area contributed by atoms with E-state index in [1.165, 1.54) is 16.7 Å². The van der Waals surface area contributed by atoms with Crippen molar-refractivity contribution in [2.75, 3.05) is 0 Å². The summed E-state index contributed by atoms with van der Waals surface area (Å²) in [4.78, 5) is 0. The van der Waals surface area contributed by atoms with E-state index >= 15 is 0 Å². The number of benzene rings is 3. The van der Waals surface area contributed by atoms with Gasteiger partial charge in [-0.3, -0.25) is 0 Å². The van der Waals surface area contributed by atoms with Gasteiger partial charge in [0.2, 0.25) is 0 Å². The van der Waals surface area contributed by atoms with Crippen LogP contribution in [0.5, 0.6) is 0 Å². The van der Waals surface area contributed by atoms with E-state index in [1.807, 2.05) is 18.2 Å². The molecule has 0 aliphatic carbocycles. The number of rotatable bonds is 3. The van der Waals surface area contributed by atoms with E-state index in [0.29, 0.717) is 0 Å². The zero-order chi connectivity index (χ0) is 16.4. The second kappa shape index (κ2) is 6.21. The third-order valence-corrected chi connectivity index (χ3v) is 4.22. The number of aryl methyl sites for hydroxylation is 1. The summed E-state index contributed by atoms with van der Waals surface area (Å²) in [5, 5.41) is 0. The molecule has 0 atom stereocenters. The molecule has 0 unspecified atom stereocenters. The van der Waals surface area contributed by atoms with Crippen molar-refractivity contribution in [3.8, 4) is 33.8 Å². The predicted molar refractivity (Wildman–Crippen MR) is 99.8 cm³/mol. The summed E-state index contributed by atoms with van der Waals surface area (Å²) in [5.41, 5.74) is 5.89. The van der Waals surface area contributed by atoms with Crippen LogP contribution < -0.4 is 0 Å².